The van der Waals surface area contributed by atoms with Crippen molar-refractivity contribution in [1.29, 1.82) is 0 Å². The molecule has 134 valence electrons. The van der Waals surface area contributed by atoms with Gasteiger partial charge in [0.2, 0.25) is 11.9 Å². The standard InChI is InChI=1S/C21H24N4O/c1-15-6-8-16(9-7-15)14-22-20(26)17-10-12-25(13-11-17)21-23-18-4-2-3-5-19(18)24-21/h2-9,17H,10-14H2,1H3,(H,22,26)(H,23,24). The van der Waals surface area contributed by atoms with Crippen molar-refractivity contribution >= 4 is 22.9 Å². The second kappa shape index (κ2) is 7.20. The number of aromatic amines is 1. The number of hydrogen-bond donors (Lipinski definition) is 2. The van der Waals surface area contributed by atoms with Crippen LogP contribution in [-0.2, 0) is 11.3 Å². The molecule has 0 bridgehead atoms. The third-order valence-corrected chi connectivity index (χ3v) is 5.13. The van der Waals surface area contributed by atoms with Crippen LogP contribution in [0.3, 0.4) is 0 Å². The fraction of sp³-hybridized carbons (Fsp3) is 0.333. The van der Waals surface area contributed by atoms with Crippen LogP contribution in [0.1, 0.15) is 24.0 Å². The van der Waals surface area contributed by atoms with Crippen molar-refractivity contribution in [2.24, 2.45) is 5.92 Å². The van der Waals surface area contributed by atoms with Crippen LogP contribution in [0.5, 0.6) is 0 Å². The average molecular weight is 348 g/mol. The lowest BCUT2D eigenvalue weighted by Gasteiger charge is -2.31. The van der Waals surface area contributed by atoms with Gasteiger partial charge in [0.15, 0.2) is 0 Å². The van der Waals surface area contributed by atoms with E-state index < -0.39 is 0 Å². The number of para-hydroxylation sites is 2. The normalized spacial score (nSPS) is 15.3. The molecule has 2 heterocycles. The molecular formula is C21H24N4O. The van der Waals surface area contributed by atoms with E-state index in [1.54, 1.807) is 0 Å². The summed E-state index contributed by atoms with van der Waals surface area (Å²) in [5.74, 6) is 1.15. The molecule has 5 heteroatoms. The van der Waals surface area contributed by atoms with Gasteiger partial charge in [-0.25, -0.2) is 4.98 Å². The van der Waals surface area contributed by atoms with Crippen LogP contribution in [0.2, 0.25) is 0 Å². The van der Waals surface area contributed by atoms with Gasteiger partial charge in [-0.2, -0.15) is 0 Å². The number of benzene rings is 2. The summed E-state index contributed by atoms with van der Waals surface area (Å²) in [6, 6.07) is 16.4. The molecule has 5 nitrogen and oxygen atoms in total. The van der Waals surface area contributed by atoms with E-state index in [0.717, 1.165) is 48.5 Å². The first kappa shape index (κ1) is 16.6. The zero-order valence-electron chi connectivity index (χ0n) is 15.0. The maximum Gasteiger partial charge on any atom is 0.223 e. The molecule has 0 spiro atoms. The summed E-state index contributed by atoms with van der Waals surface area (Å²) < 4.78 is 0. The number of carbonyl (C=O) groups excluding carboxylic acids is 1. The van der Waals surface area contributed by atoms with Gasteiger partial charge < -0.3 is 15.2 Å². The van der Waals surface area contributed by atoms with Crippen molar-refractivity contribution in [2.45, 2.75) is 26.3 Å². The first-order valence-corrected chi connectivity index (χ1v) is 9.22. The number of nitrogens with zero attached hydrogens (tertiary/aromatic N) is 2. The molecule has 0 unspecified atom stereocenters. The molecule has 1 aromatic heterocycles. The molecule has 4 rings (SSSR count). The molecule has 2 aromatic carbocycles. The molecule has 0 saturated carbocycles. The van der Waals surface area contributed by atoms with Gasteiger partial charge in [-0.15, -0.1) is 0 Å². The van der Waals surface area contributed by atoms with Crippen LogP contribution in [0.15, 0.2) is 48.5 Å². The van der Waals surface area contributed by atoms with Gasteiger partial charge in [-0.1, -0.05) is 42.0 Å². The van der Waals surface area contributed by atoms with Gasteiger partial charge in [-0.05, 0) is 37.5 Å². The Balaban J connectivity index is 1.31. The third kappa shape index (κ3) is 3.57. The Morgan fingerprint density at radius 3 is 2.62 bits per heavy atom. The van der Waals surface area contributed by atoms with Gasteiger partial charge in [-0.3, -0.25) is 4.79 Å². The van der Waals surface area contributed by atoms with Crippen molar-refractivity contribution in [1.82, 2.24) is 15.3 Å². The van der Waals surface area contributed by atoms with Crippen LogP contribution in [-0.4, -0.2) is 29.0 Å². The molecule has 26 heavy (non-hydrogen) atoms. The Labute approximate surface area is 153 Å². The summed E-state index contributed by atoms with van der Waals surface area (Å²) in [5, 5.41) is 3.08. The summed E-state index contributed by atoms with van der Waals surface area (Å²) in [6.45, 7) is 4.37. The van der Waals surface area contributed by atoms with Crippen LogP contribution in [0.25, 0.3) is 11.0 Å². The highest BCUT2D eigenvalue weighted by atomic mass is 16.1. The predicted octanol–water partition coefficient (Wildman–Crippen LogP) is 3.40. The zero-order chi connectivity index (χ0) is 17.9. The molecule has 1 fully saturated rings. The van der Waals surface area contributed by atoms with Gasteiger partial charge in [0.1, 0.15) is 0 Å². The smallest absolute Gasteiger partial charge is 0.223 e. The highest BCUT2D eigenvalue weighted by Gasteiger charge is 2.26. The third-order valence-electron chi connectivity index (χ3n) is 5.13. The van der Waals surface area contributed by atoms with E-state index in [1.165, 1.54) is 5.56 Å². The average Bonchev–Trinajstić information content (AvgIpc) is 3.12. The first-order valence-electron chi connectivity index (χ1n) is 9.22. The lowest BCUT2D eigenvalue weighted by molar-refractivity contribution is -0.125. The largest absolute Gasteiger partial charge is 0.352 e. The van der Waals surface area contributed by atoms with Crippen LogP contribution in [0, 0.1) is 12.8 Å². The van der Waals surface area contributed by atoms with Crippen molar-refractivity contribution in [3.05, 3.63) is 59.7 Å². The Morgan fingerprint density at radius 1 is 1.15 bits per heavy atom. The topological polar surface area (TPSA) is 61.0 Å². The zero-order valence-corrected chi connectivity index (χ0v) is 15.0. The molecule has 0 atom stereocenters. The maximum atomic E-state index is 12.5. The number of aromatic nitrogens is 2. The first-order chi connectivity index (χ1) is 12.7. The van der Waals surface area contributed by atoms with Gasteiger partial charge in [0, 0.05) is 25.6 Å². The van der Waals surface area contributed by atoms with Crippen molar-refractivity contribution < 1.29 is 4.79 Å². The minimum atomic E-state index is 0.0843. The number of fused-ring (bicyclic) bond motifs is 1. The minimum absolute atomic E-state index is 0.0843. The summed E-state index contributed by atoms with van der Waals surface area (Å²) >= 11 is 0. The quantitative estimate of drug-likeness (QED) is 0.760. The number of amides is 1. The number of H-pyrrole nitrogens is 1. The highest BCUT2D eigenvalue weighted by Crippen LogP contribution is 2.23. The Kier molecular flexibility index (Phi) is 4.61. The summed E-state index contributed by atoms with van der Waals surface area (Å²) in [4.78, 5) is 22.7. The van der Waals surface area contributed by atoms with E-state index in [4.69, 9.17) is 0 Å². The van der Waals surface area contributed by atoms with Crippen LogP contribution >= 0.6 is 0 Å². The lowest BCUT2D eigenvalue weighted by Crippen LogP contribution is -2.40. The maximum absolute atomic E-state index is 12.5. The second-order valence-electron chi connectivity index (χ2n) is 7.04. The molecule has 2 N–H and O–H groups in total. The van der Waals surface area contributed by atoms with Crippen LogP contribution < -0.4 is 10.2 Å². The number of carbonyl (C=O) groups is 1. The summed E-state index contributed by atoms with van der Waals surface area (Å²) in [7, 11) is 0. The Bertz CT molecular complexity index is 859. The second-order valence-corrected chi connectivity index (χ2v) is 7.04. The Hall–Kier alpha value is -2.82. The minimum Gasteiger partial charge on any atom is -0.352 e. The van der Waals surface area contributed by atoms with Gasteiger partial charge in [0.25, 0.3) is 0 Å². The molecule has 3 aromatic rings. The number of piperidine rings is 1. The van der Waals surface area contributed by atoms with E-state index in [9.17, 15) is 4.79 Å². The van der Waals surface area contributed by atoms with Crippen molar-refractivity contribution in [3.8, 4) is 0 Å². The van der Waals surface area contributed by atoms with E-state index in [0.29, 0.717) is 6.54 Å². The van der Waals surface area contributed by atoms with Crippen LogP contribution in [0.4, 0.5) is 5.95 Å². The van der Waals surface area contributed by atoms with E-state index >= 15 is 0 Å². The SMILES string of the molecule is Cc1ccc(CNC(=O)C2CCN(c3nc4ccccc4[nH]3)CC2)cc1. The molecule has 0 radical (unpaired) electrons. The number of imidazole rings is 1. The summed E-state index contributed by atoms with van der Waals surface area (Å²) in [6.07, 6.45) is 1.72. The number of hydrogen-bond acceptors (Lipinski definition) is 3. The molecule has 1 saturated heterocycles. The van der Waals surface area contributed by atoms with Gasteiger partial charge in [0.05, 0.1) is 11.0 Å². The fourth-order valence-corrected chi connectivity index (χ4v) is 3.48. The van der Waals surface area contributed by atoms with Crippen molar-refractivity contribution in [3.63, 3.8) is 0 Å². The fourth-order valence-electron chi connectivity index (χ4n) is 3.48. The van der Waals surface area contributed by atoms with Gasteiger partial charge >= 0.3 is 0 Å². The summed E-state index contributed by atoms with van der Waals surface area (Å²) in [5.41, 5.74) is 4.42. The molecule has 1 aliphatic rings. The van der Waals surface area contributed by atoms with E-state index in [2.05, 4.69) is 51.4 Å². The number of aryl methyl sites for hydroxylation is 1. The highest BCUT2D eigenvalue weighted by molar-refractivity contribution is 5.79. The predicted molar refractivity (Wildman–Crippen MR) is 104 cm³/mol. The van der Waals surface area contributed by atoms with E-state index in [1.807, 2.05) is 24.3 Å². The number of nitrogens with one attached hydrogen (secondary N) is 2. The molecule has 1 amide bonds. The lowest BCUT2D eigenvalue weighted by atomic mass is 9.96. The monoisotopic (exact) mass is 348 g/mol. The molecular weight excluding hydrogens is 324 g/mol. The molecule has 1 aliphatic heterocycles. The van der Waals surface area contributed by atoms with E-state index in [-0.39, 0.29) is 11.8 Å². The number of anilines is 1. The number of rotatable bonds is 4. The Morgan fingerprint density at radius 2 is 1.88 bits per heavy atom. The van der Waals surface area contributed by atoms with Crippen molar-refractivity contribution in [2.75, 3.05) is 18.0 Å². The molecule has 0 aliphatic carbocycles.